The van der Waals surface area contributed by atoms with Crippen molar-refractivity contribution < 1.29 is 0 Å². The Morgan fingerprint density at radius 2 is 0.768 bits per heavy atom. The summed E-state index contributed by atoms with van der Waals surface area (Å²) in [5.41, 5.74) is 13.2. The molecule has 8 aromatic carbocycles. The predicted octanol–water partition coefficient (Wildman–Crippen LogP) is 12.9. The molecule has 56 heavy (non-hydrogen) atoms. The van der Waals surface area contributed by atoms with E-state index in [-0.39, 0.29) is 0 Å². The molecular weight excluding hydrogens is 683 g/mol. The predicted molar refractivity (Wildman–Crippen MR) is 231 cm³/mol. The second kappa shape index (κ2) is 13.0. The molecule has 0 bridgehead atoms. The molecule has 0 aliphatic rings. The van der Waals surface area contributed by atoms with Crippen molar-refractivity contribution in [1.29, 1.82) is 0 Å². The van der Waals surface area contributed by atoms with Crippen molar-refractivity contribution in [2.75, 3.05) is 0 Å². The Bertz CT molecular complexity index is 3160. The van der Waals surface area contributed by atoms with Crippen LogP contribution in [0.25, 0.3) is 106 Å². The highest BCUT2D eigenvalue weighted by Crippen LogP contribution is 2.40. The van der Waals surface area contributed by atoms with Crippen molar-refractivity contribution >= 4 is 43.6 Å². The molecule has 0 radical (unpaired) electrons. The van der Waals surface area contributed by atoms with Crippen LogP contribution in [-0.4, -0.2) is 24.5 Å². The second-order valence-electron chi connectivity index (χ2n) is 14.1. The molecule has 0 saturated carbocycles. The van der Waals surface area contributed by atoms with Crippen LogP contribution in [0.3, 0.4) is 0 Å². The minimum absolute atomic E-state index is 0.640. The number of nitrogens with zero attached hydrogens (tertiary/aromatic N) is 4. The van der Waals surface area contributed by atoms with Gasteiger partial charge in [0.15, 0.2) is 17.5 Å². The number of H-pyrrole nitrogens is 1. The number of aromatic nitrogens is 5. The van der Waals surface area contributed by atoms with E-state index in [4.69, 9.17) is 15.0 Å². The van der Waals surface area contributed by atoms with Gasteiger partial charge in [-0.1, -0.05) is 164 Å². The van der Waals surface area contributed by atoms with E-state index in [1.165, 1.54) is 43.7 Å². The van der Waals surface area contributed by atoms with Crippen LogP contribution in [-0.2, 0) is 0 Å². The molecule has 0 unspecified atom stereocenters. The number of para-hydroxylation sites is 4. The van der Waals surface area contributed by atoms with Gasteiger partial charge in [-0.2, -0.15) is 0 Å². The molecule has 3 heterocycles. The van der Waals surface area contributed by atoms with Gasteiger partial charge in [-0.3, -0.25) is 0 Å². The Morgan fingerprint density at radius 3 is 1.38 bits per heavy atom. The van der Waals surface area contributed by atoms with Gasteiger partial charge in [0.25, 0.3) is 0 Å². The van der Waals surface area contributed by atoms with Crippen LogP contribution in [0.15, 0.2) is 194 Å². The number of hydrogen-bond donors (Lipinski definition) is 1. The lowest BCUT2D eigenvalue weighted by molar-refractivity contribution is 1.07. The molecule has 0 saturated heterocycles. The quantitative estimate of drug-likeness (QED) is 0.186. The number of benzene rings is 8. The van der Waals surface area contributed by atoms with E-state index in [0.717, 1.165) is 44.5 Å². The van der Waals surface area contributed by atoms with Gasteiger partial charge in [-0.25, -0.2) is 15.0 Å². The monoisotopic (exact) mass is 715 g/mol. The fraction of sp³-hybridized carbons (Fsp3) is 0. The summed E-state index contributed by atoms with van der Waals surface area (Å²) in [7, 11) is 0. The number of nitrogens with one attached hydrogen (secondary N) is 1. The van der Waals surface area contributed by atoms with Crippen LogP contribution in [0.1, 0.15) is 0 Å². The van der Waals surface area contributed by atoms with Gasteiger partial charge in [-0.15, -0.1) is 0 Å². The van der Waals surface area contributed by atoms with E-state index >= 15 is 0 Å². The Balaban J connectivity index is 1.01. The van der Waals surface area contributed by atoms with Crippen molar-refractivity contribution in [1.82, 2.24) is 24.5 Å². The van der Waals surface area contributed by atoms with E-state index in [0.29, 0.717) is 17.5 Å². The molecule has 5 nitrogen and oxygen atoms in total. The van der Waals surface area contributed by atoms with Gasteiger partial charge in [-0.05, 0) is 41.5 Å². The zero-order valence-electron chi connectivity index (χ0n) is 30.3. The molecule has 11 rings (SSSR count). The van der Waals surface area contributed by atoms with E-state index in [9.17, 15) is 0 Å². The number of rotatable bonds is 6. The highest BCUT2D eigenvalue weighted by Gasteiger charge is 2.17. The van der Waals surface area contributed by atoms with Crippen LogP contribution >= 0.6 is 0 Å². The molecule has 0 fully saturated rings. The molecule has 0 aliphatic heterocycles. The number of aromatic amines is 1. The fourth-order valence-corrected chi connectivity index (χ4v) is 8.16. The second-order valence-corrected chi connectivity index (χ2v) is 14.1. The summed E-state index contributed by atoms with van der Waals surface area (Å²) in [5.74, 6) is 1.94. The molecule has 11 aromatic rings. The minimum atomic E-state index is 0.640. The Morgan fingerprint density at radius 1 is 0.321 bits per heavy atom. The molecule has 262 valence electrons. The maximum atomic E-state index is 4.94. The largest absolute Gasteiger partial charge is 0.353 e. The van der Waals surface area contributed by atoms with Crippen molar-refractivity contribution in [3.05, 3.63) is 194 Å². The molecule has 0 atom stereocenters. The van der Waals surface area contributed by atoms with Crippen LogP contribution < -0.4 is 0 Å². The summed E-state index contributed by atoms with van der Waals surface area (Å²) in [4.78, 5) is 18.6. The molecule has 0 spiro atoms. The zero-order chi connectivity index (χ0) is 37.0. The molecule has 1 N–H and O–H groups in total. The smallest absolute Gasteiger partial charge is 0.164 e. The standard InChI is InChI=1S/C51H33N5/c1-4-14-34(15-5-1)49-53-50(35-16-6-2-7-17-35)55-51(54-49)36-28-26-33(27-29-36)39-21-12-23-42-43-24-13-22-40(48(43)52-47(39)42)37-30-31-46-44(32-37)41-20-10-11-25-45(41)56(46)38-18-8-3-9-19-38/h1-32,52H. The van der Waals surface area contributed by atoms with Crippen molar-refractivity contribution in [3.63, 3.8) is 0 Å². The van der Waals surface area contributed by atoms with Crippen molar-refractivity contribution in [3.8, 4) is 62.1 Å². The first-order chi connectivity index (χ1) is 27.8. The maximum absolute atomic E-state index is 4.94. The van der Waals surface area contributed by atoms with E-state index in [1.54, 1.807) is 0 Å². The topological polar surface area (TPSA) is 59.4 Å². The maximum Gasteiger partial charge on any atom is 0.164 e. The molecule has 0 aliphatic carbocycles. The van der Waals surface area contributed by atoms with E-state index in [2.05, 4.69) is 143 Å². The van der Waals surface area contributed by atoms with Crippen molar-refractivity contribution in [2.45, 2.75) is 0 Å². The lowest BCUT2D eigenvalue weighted by Crippen LogP contribution is -2.00. The summed E-state index contributed by atoms with van der Waals surface area (Å²) in [5, 5.41) is 4.88. The van der Waals surface area contributed by atoms with Gasteiger partial charge in [0, 0.05) is 55.0 Å². The normalized spacial score (nSPS) is 11.6. The lowest BCUT2D eigenvalue weighted by atomic mass is 9.99. The summed E-state index contributed by atoms with van der Waals surface area (Å²) in [6.45, 7) is 0. The average molecular weight is 716 g/mol. The van der Waals surface area contributed by atoms with Gasteiger partial charge < -0.3 is 9.55 Å². The van der Waals surface area contributed by atoms with E-state index < -0.39 is 0 Å². The number of fused-ring (bicyclic) bond motifs is 6. The zero-order valence-corrected chi connectivity index (χ0v) is 30.3. The van der Waals surface area contributed by atoms with Gasteiger partial charge >= 0.3 is 0 Å². The summed E-state index contributed by atoms with van der Waals surface area (Å²) >= 11 is 0. The third-order valence-corrected chi connectivity index (χ3v) is 10.8. The molecule has 3 aromatic heterocycles. The highest BCUT2D eigenvalue weighted by atomic mass is 15.0. The summed E-state index contributed by atoms with van der Waals surface area (Å²) in [6.07, 6.45) is 0. The Hall–Kier alpha value is -7.63. The van der Waals surface area contributed by atoms with E-state index in [1.807, 2.05) is 60.7 Å². The van der Waals surface area contributed by atoms with Crippen LogP contribution in [0, 0.1) is 0 Å². The third kappa shape index (κ3) is 5.29. The highest BCUT2D eigenvalue weighted by molar-refractivity contribution is 6.16. The third-order valence-electron chi connectivity index (χ3n) is 10.8. The SMILES string of the molecule is c1ccc(-c2nc(-c3ccccc3)nc(-c3ccc(-c4cccc5c4[nH]c4c(-c6ccc7c(c6)c6ccccc6n7-c6ccccc6)cccc45)cc3)n2)cc1. The Kier molecular flexibility index (Phi) is 7.42. The van der Waals surface area contributed by atoms with Crippen LogP contribution in [0.5, 0.6) is 0 Å². The van der Waals surface area contributed by atoms with Gasteiger partial charge in [0.1, 0.15) is 0 Å². The van der Waals surface area contributed by atoms with Gasteiger partial charge in [0.05, 0.1) is 22.1 Å². The Labute approximate surface area is 323 Å². The lowest BCUT2D eigenvalue weighted by Gasteiger charge is -2.09. The van der Waals surface area contributed by atoms with Crippen molar-refractivity contribution in [2.24, 2.45) is 0 Å². The molecule has 5 heteroatoms. The fourth-order valence-electron chi connectivity index (χ4n) is 8.16. The van der Waals surface area contributed by atoms with Gasteiger partial charge in [0.2, 0.25) is 0 Å². The van der Waals surface area contributed by atoms with Crippen LogP contribution in [0.4, 0.5) is 0 Å². The first-order valence-electron chi connectivity index (χ1n) is 18.9. The summed E-state index contributed by atoms with van der Waals surface area (Å²) in [6, 6.07) is 68.1. The average Bonchev–Trinajstić information content (AvgIpc) is 3.83. The minimum Gasteiger partial charge on any atom is -0.353 e. The molecular formula is C51H33N5. The summed E-state index contributed by atoms with van der Waals surface area (Å²) < 4.78 is 2.36. The first-order valence-corrected chi connectivity index (χ1v) is 18.9. The molecule has 0 amide bonds. The van der Waals surface area contributed by atoms with Crippen LogP contribution in [0.2, 0.25) is 0 Å². The first kappa shape index (κ1) is 31.9. The number of hydrogen-bond acceptors (Lipinski definition) is 3.